The number of phosphoric ester groups is 1. The van der Waals surface area contributed by atoms with E-state index in [9.17, 15) is 14.3 Å². The normalized spacial score (nSPS) is 13.9. The van der Waals surface area contributed by atoms with Gasteiger partial charge in [0.15, 0.2) is 0 Å². The third kappa shape index (κ3) is 55.0. The van der Waals surface area contributed by atoms with Crippen molar-refractivity contribution in [3.63, 3.8) is 0 Å². The van der Waals surface area contributed by atoms with Crippen LogP contribution in [0.4, 0.5) is 0 Å². The average Bonchev–Trinajstić information content (AvgIpc) is 3.29. The van der Waals surface area contributed by atoms with Crippen molar-refractivity contribution in [2.24, 2.45) is 0 Å². The zero-order chi connectivity index (χ0) is 49.0. The Labute approximate surface area is 415 Å². The molecule has 0 saturated carbocycles. The minimum atomic E-state index is -4.29. The van der Waals surface area contributed by atoms with E-state index in [-0.39, 0.29) is 25.8 Å². The third-order valence-corrected chi connectivity index (χ3v) is 13.0. The fraction of sp³-hybridized carbons (Fsp3) is 0.810. The van der Waals surface area contributed by atoms with Crippen LogP contribution in [0.2, 0.25) is 0 Å². The molecule has 0 aliphatic rings. The first-order valence-electron chi connectivity index (χ1n) is 28.0. The minimum absolute atomic E-state index is 0.0870. The molecule has 0 aromatic heterocycles. The van der Waals surface area contributed by atoms with Gasteiger partial charge in [0, 0.05) is 13.0 Å². The molecule has 0 amide bonds. The van der Waals surface area contributed by atoms with Gasteiger partial charge in [-0.15, -0.1) is 0 Å². The summed E-state index contributed by atoms with van der Waals surface area (Å²) in [6.07, 6.45) is 65.6. The maximum absolute atomic E-state index is 12.8. The lowest BCUT2D eigenvalue weighted by Gasteiger charge is -2.24. The highest BCUT2D eigenvalue weighted by atomic mass is 31.2. The van der Waals surface area contributed by atoms with Crippen molar-refractivity contribution in [1.82, 2.24) is 0 Å². The second-order valence-corrected chi connectivity index (χ2v) is 21.4. The molecule has 0 bridgehead atoms. The number of carbonyl (C=O) groups excluding carboxylic acids is 1. The highest BCUT2D eigenvalue weighted by molar-refractivity contribution is 7.47. The number of unbranched alkanes of at least 4 members (excludes halogenated alkanes) is 28. The Balaban J connectivity index is 4.08. The topological polar surface area (TPSA) is 91.3 Å². The zero-order valence-corrected chi connectivity index (χ0v) is 45.5. The lowest BCUT2D eigenvalue weighted by molar-refractivity contribution is -0.870. The summed E-state index contributed by atoms with van der Waals surface area (Å²) in [4.78, 5) is 23.1. The van der Waals surface area contributed by atoms with E-state index >= 15 is 0 Å². The number of esters is 1. The number of phosphoric acid groups is 1. The van der Waals surface area contributed by atoms with Crippen LogP contribution in [0.1, 0.15) is 245 Å². The average molecular weight is 963 g/mol. The van der Waals surface area contributed by atoms with Gasteiger partial charge in [-0.2, -0.15) is 0 Å². The van der Waals surface area contributed by atoms with Gasteiger partial charge >= 0.3 is 13.8 Å². The maximum atomic E-state index is 12.8. The fourth-order valence-corrected chi connectivity index (χ4v) is 8.52. The predicted molar refractivity (Wildman–Crippen MR) is 289 cm³/mol. The third-order valence-electron chi connectivity index (χ3n) is 12.1. The SMILES string of the molecule is CC/C=C\C/C=C\C/C=C\C/C=C\CCCCCCCCCCCCCCC(=O)OC(COCCCCCCCCCCCC/C=C\CCCCCCCC)COP(=O)(O)OCC[N+](C)(C)C. The first-order valence-corrected chi connectivity index (χ1v) is 29.5. The van der Waals surface area contributed by atoms with Gasteiger partial charge in [0.2, 0.25) is 0 Å². The number of allylic oxidation sites excluding steroid dienone is 10. The first kappa shape index (κ1) is 65.2. The van der Waals surface area contributed by atoms with Gasteiger partial charge in [0.05, 0.1) is 34.4 Å². The van der Waals surface area contributed by atoms with Crippen molar-refractivity contribution < 1.29 is 37.3 Å². The van der Waals surface area contributed by atoms with Crippen LogP contribution in [0, 0.1) is 0 Å². The standard InChI is InChI=1S/C58H108NO7P/c1-6-8-10-12-14-16-18-20-22-24-26-28-29-30-31-32-33-35-37-39-41-43-45-47-49-51-58(60)66-57(56-65-67(61,62)64-54-52-59(3,4)5)55-63-53-50-48-46-44-42-40-38-36-34-27-25-23-21-19-17-15-13-11-9-7-2/h8,10,14,16,20-23,26,28,57H,6-7,9,11-13,15,17-19,24-25,27,29-56H2,1-5H3/p+1/b10-8-,16-14-,22-20-,23-21-,28-26-. The fourth-order valence-electron chi connectivity index (χ4n) is 7.78. The molecule has 0 radical (unpaired) electrons. The van der Waals surface area contributed by atoms with E-state index in [0.717, 1.165) is 57.8 Å². The minimum Gasteiger partial charge on any atom is -0.457 e. The Bertz CT molecular complexity index is 1260. The van der Waals surface area contributed by atoms with Gasteiger partial charge < -0.3 is 18.9 Å². The number of rotatable bonds is 52. The van der Waals surface area contributed by atoms with Crippen molar-refractivity contribution in [2.45, 2.75) is 251 Å². The summed E-state index contributed by atoms with van der Waals surface area (Å²) >= 11 is 0. The molecule has 392 valence electrons. The molecule has 8 nitrogen and oxygen atoms in total. The van der Waals surface area contributed by atoms with Crippen LogP contribution in [0.25, 0.3) is 0 Å². The van der Waals surface area contributed by atoms with Gasteiger partial charge in [-0.25, -0.2) is 4.57 Å². The smallest absolute Gasteiger partial charge is 0.457 e. The van der Waals surface area contributed by atoms with E-state index in [2.05, 4.69) is 74.6 Å². The number of ether oxygens (including phenoxy) is 2. The van der Waals surface area contributed by atoms with Crippen LogP contribution >= 0.6 is 7.82 Å². The quantitative estimate of drug-likeness (QED) is 0.0213. The van der Waals surface area contributed by atoms with Crippen molar-refractivity contribution in [2.75, 3.05) is 54.1 Å². The van der Waals surface area contributed by atoms with E-state index < -0.39 is 13.9 Å². The first-order chi connectivity index (χ1) is 32.6. The highest BCUT2D eigenvalue weighted by Crippen LogP contribution is 2.43. The Morgan fingerprint density at radius 1 is 0.478 bits per heavy atom. The molecule has 67 heavy (non-hydrogen) atoms. The van der Waals surface area contributed by atoms with Crippen molar-refractivity contribution >= 4 is 13.8 Å². The van der Waals surface area contributed by atoms with Gasteiger partial charge in [0.1, 0.15) is 19.3 Å². The molecule has 0 fully saturated rings. The summed E-state index contributed by atoms with van der Waals surface area (Å²) in [5, 5.41) is 0. The molecule has 0 aromatic rings. The Hall–Kier alpha value is -1.80. The predicted octanol–water partition coefficient (Wildman–Crippen LogP) is 17.6. The van der Waals surface area contributed by atoms with E-state index in [1.54, 1.807) is 0 Å². The van der Waals surface area contributed by atoms with Crippen LogP contribution in [0.5, 0.6) is 0 Å². The Morgan fingerprint density at radius 3 is 1.31 bits per heavy atom. The van der Waals surface area contributed by atoms with E-state index in [0.29, 0.717) is 24.1 Å². The summed E-state index contributed by atoms with van der Waals surface area (Å²) in [7, 11) is 1.67. The number of hydrogen-bond acceptors (Lipinski definition) is 6. The molecular weight excluding hydrogens is 854 g/mol. The second kappa shape index (κ2) is 50.6. The van der Waals surface area contributed by atoms with Crippen molar-refractivity contribution in [1.29, 1.82) is 0 Å². The summed E-state index contributed by atoms with van der Waals surface area (Å²) < 4.78 is 35.2. The van der Waals surface area contributed by atoms with Gasteiger partial charge in [-0.1, -0.05) is 222 Å². The molecule has 0 saturated heterocycles. The Morgan fingerprint density at radius 2 is 0.866 bits per heavy atom. The molecule has 0 aliphatic carbocycles. The van der Waals surface area contributed by atoms with Crippen LogP contribution in [0.3, 0.4) is 0 Å². The molecular formula is C58H109NO7P+. The van der Waals surface area contributed by atoms with E-state index in [1.807, 2.05) is 21.1 Å². The number of hydrogen-bond donors (Lipinski definition) is 1. The van der Waals surface area contributed by atoms with Crippen molar-refractivity contribution in [3.05, 3.63) is 60.8 Å². The maximum Gasteiger partial charge on any atom is 0.472 e. The molecule has 2 atom stereocenters. The monoisotopic (exact) mass is 963 g/mol. The molecule has 2 unspecified atom stereocenters. The largest absolute Gasteiger partial charge is 0.472 e. The molecule has 0 heterocycles. The summed E-state index contributed by atoms with van der Waals surface area (Å²) in [6, 6.07) is 0. The Kier molecular flexibility index (Phi) is 49.2. The molecule has 1 N–H and O–H groups in total. The van der Waals surface area contributed by atoms with E-state index in [4.69, 9.17) is 18.5 Å². The van der Waals surface area contributed by atoms with Crippen LogP contribution in [-0.2, 0) is 27.9 Å². The number of nitrogens with zero attached hydrogens (tertiary/aromatic N) is 1. The molecule has 0 spiro atoms. The second-order valence-electron chi connectivity index (χ2n) is 19.9. The lowest BCUT2D eigenvalue weighted by atomic mass is 10.0. The van der Waals surface area contributed by atoms with Crippen LogP contribution in [-0.4, -0.2) is 75.6 Å². The van der Waals surface area contributed by atoms with Crippen LogP contribution < -0.4 is 0 Å². The molecule has 0 aliphatic heterocycles. The number of carbonyl (C=O) groups is 1. The van der Waals surface area contributed by atoms with Gasteiger partial charge in [0.25, 0.3) is 0 Å². The van der Waals surface area contributed by atoms with Crippen molar-refractivity contribution in [3.8, 4) is 0 Å². The zero-order valence-electron chi connectivity index (χ0n) is 44.6. The van der Waals surface area contributed by atoms with Gasteiger partial charge in [-0.05, 0) is 77.0 Å². The highest BCUT2D eigenvalue weighted by Gasteiger charge is 2.26. The van der Waals surface area contributed by atoms with E-state index in [1.165, 1.54) is 167 Å². The molecule has 0 aromatic carbocycles. The van der Waals surface area contributed by atoms with Gasteiger partial charge in [-0.3, -0.25) is 13.8 Å². The number of quaternary nitrogens is 1. The molecule has 0 rings (SSSR count). The summed E-state index contributed by atoms with van der Waals surface area (Å²) in [6.45, 7) is 5.53. The number of likely N-dealkylation sites (N-methyl/N-ethyl adjacent to an activating group) is 1. The lowest BCUT2D eigenvalue weighted by Crippen LogP contribution is -2.37. The molecule has 9 heteroatoms. The van der Waals surface area contributed by atoms with Crippen LogP contribution in [0.15, 0.2) is 60.8 Å². The summed E-state index contributed by atoms with van der Waals surface area (Å²) in [5.74, 6) is -0.315. The summed E-state index contributed by atoms with van der Waals surface area (Å²) in [5.41, 5.74) is 0.